The average Bonchev–Trinajstić information content (AvgIpc) is 3.17. The summed E-state index contributed by atoms with van der Waals surface area (Å²) >= 11 is 6.03. The molecule has 0 bridgehead atoms. The molecule has 6 nitrogen and oxygen atoms in total. The van der Waals surface area contributed by atoms with Crippen molar-refractivity contribution in [1.29, 1.82) is 0 Å². The van der Waals surface area contributed by atoms with Gasteiger partial charge in [-0.3, -0.25) is 14.7 Å². The largest absolute Gasteiger partial charge is 0.469 e. The van der Waals surface area contributed by atoms with Crippen LogP contribution in [0.2, 0.25) is 5.02 Å². The Morgan fingerprint density at radius 2 is 2.04 bits per heavy atom. The lowest BCUT2D eigenvalue weighted by Crippen LogP contribution is -2.30. The Bertz CT molecular complexity index is 1010. The maximum atomic E-state index is 14.1. The first kappa shape index (κ1) is 19.6. The van der Waals surface area contributed by atoms with Gasteiger partial charge >= 0.3 is 5.97 Å². The van der Waals surface area contributed by atoms with Gasteiger partial charge in [-0.2, -0.15) is 5.10 Å². The van der Waals surface area contributed by atoms with Crippen LogP contribution in [0.3, 0.4) is 0 Å². The zero-order valence-corrected chi connectivity index (χ0v) is 15.7. The number of H-pyrrole nitrogens is 1. The molecule has 1 aromatic heterocycles. The third-order valence-corrected chi connectivity index (χ3v) is 4.42. The molecule has 3 aromatic rings. The number of halogens is 2. The zero-order valence-electron chi connectivity index (χ0n) is 14.9. The van der Waals surface area contributed by atoms with Gasteiger partial charge in [-0.1, -0.05) is 35.9 Å². The van der Waals surface area contributed by atoms with Gasteiger partial charge in [-0.15, -0.1) is 0 Å². The second-order valence-electron chi connectivity index (χ2n) is 6.00. The van der Waals surface area contributed by atoms with E-state index in [0.717, 1.165) is 0 Å². The molecule has 28 heavy (non-hydrogen) atoms. The molecule has 0 saturated carbocycles. The molecule has 144 valence electrons. The Labute approximate surface area is 165 Å². The topological polar surface area (TPSA) is 84.1 Å². The van der Waals surface area contributed by atoms with E-state index in [4.69, 9.17) is 16.3 Å². The molecule has 1 heterocycles. The number of esters is 1. The van der Waals surface area contributed by atoms with E-state index < -0.39 is 23.7 Å². The number of ether oxygens (including phenoxy) is 1. The molecule has 0 aliphatic heterocycles. The molecule has 0 unspecified atom stereocenters. The first-order valence-electron chi connectivity index (χ1n) is 8.41. The van der Waals surface area contributed by atoms with Crippen LogP contribution in [0.1, 0.15) is 28.4 Å². The van der Waals surface area contributed by atoms with Crippen molar-refractivity contribution in [3.63, 3.8) is 0 Å². The van der Waals surface area contributed by atoms with Gasteiger partial charge < -0.3 is 10.1 Å². The van der Waals surface area contributed by atoms with Crippen molar-refractivity contribution in [1.82, 2.24) is 15.5 Å². The van der Waals surface area contributed by atoms with Crippen LogP contribution in [-0.4, -0.2) is 29.2 Å². The Morgan fingerprint density at radius 1 is 1.25 bits per heavy atom. The number of hydrogen-bond acceptors (Lipinski definition) is 4. The number of carbonyl (C=O) groups is 2. The van der Waals surface area contributed by atoms with Crippen molar-refractivity contribution >= 4 is 23.5 Å². The second kappa shape index (κ2) is 8.67. The van der Waals surface area contributed by atoms with Crippen LogP contribution in [0.4, 0.5) is 4.39 Å². The number of rotatable bonds is 6. The lowest BCUT2D eigenvalue weighted by molar-refractivity contribution is -0.141. The van der Waals surface area contributed by atoms with E-state index in [2.05, 4.69) is 15.5 Å². The molecule has 1 atom stereocenters. The van der Waals surface area contributed by atoms with Crippen LogP contribution < -0.4 is 5.32 Å². The van der Waals surface area contributed by atoms with Crippen LogP contribution in [0.25, 0.3) is 11.3 Å². The quantitative estimate of drug-likeness (QED) is 0.613. The van der Waals surface area contributed by atoms with E-state index in [1.807, 2.05) is 0 Å². The van der Waals surface area contributed by atoms with Gasteiger partial charge in [0.25, 0.3) is 5.91 Å². The van der Waals surface area contributed by atoms with Crippen molar-refractivity contribution < 1.29 is 18.7 Å². The molecule has 8 heteroatoms. The number of nitrogens with one attached hydrogen (secondary N) is 2. The molecule has 0 saturated heterocycles. The fraction of sp³-hybridized carbons (Fsp3) is 0.150. The molecule has 1 amide bonds. The van der Waals surface area contributed by atoms with Gasteiger partial charge in [-0.25, -0.2) is 4.39 Å². The van der Waals surface area contributed by atoms with E-state index >= 15 is 0 Å². The summed E-state index contributed by atoms with van der Waals surface area (Å²) in [5.74, 6) is -1.49. The van der Waals surface area contributed by atoms with Crippen molar-refractivity contribution in [3.05, 3.63) is 76.7 Å². The normalized spacial score (nSPS) is 11.7. The van der Waals surface area contributed by atoms with Crippen LogP contribution >= 0.6 is 11.6 Å². The van der Waals surface area contributed by atoms with Crippen molar-refractivity contribution in [2.75, 3.05) is 7.11 Å². The lowest BCUT2D eigenvalue weighted by Gasteiger charge is -2.18. The van der Waals surface area contributed by atoms with E-state index in [1.165, 1.54) is 19.4 Å². The van der Waals surface area contributed by atoms with Gasteiger partial charge in [0.15, 0.2) is 0 Å². The van der Waals surface area contributed by atoms with E-state index in [0.29, 0.717) is 10.6 Å². The lowest BCUT2D eigenvalue weighted by atomic mass is 10.0. The molecule has 3 rings (SSSR count). The highest BCUT2D eigenvalue weighted by Crippen LogP contribution is 2.26. The van der Waals surface area contributed by atoms with Crippen molar-refractivity contribution in [3.8, 4) is 11.3 Å². The maximum absolute atomic E-state index is 14.1. The molecule has 0 aliphatic rings. The molecule has 0 aliphatic carbocycles. The Hall–Kier alpha value is -3.19. The van der Waals surface area contributed by atoms with Gasteiger partial charge in [0.1, 0.15) is 5.82 Å². The third kappa shape index (κ3) is 4.37. The highest BCUT2D eigenvalue weighted by atomic mass is 35.5. The Kier molecular flexibility index (Phi) is 6.06. The number of nitrogens with zero attached hydrogens (tertiary/aromatic N) is 1. The fourth-order valence-electron chi connectivity index (χ4n) is 2.79. The smallest absolute Gasteiger partial charge is 0.307 e. The summed E-state index contributed by atoms with van der Waals surface area (Å²) in [4.78, 5) is 24.7. The van der Waals surface area contributed by atoms with Crippen LogP contribution in [0.5, 0.6) is 0 Å². The number of amides is 1. The minimum atomic E-state index is -0.679. The predicted molar refractivity (Wildman–Crippen MR) is 102 cm³/mol. The van der Waals surface area contributed by atoms with Crippen molar-refractivity contribution in [2.45, 2.75) is 12.5 Å². The summed E-state index contributed by atoms with van der Waals surface area (Å²) < 4.78 is 18.9. The minimum absolute atomic E-state index is 0.0878. The summed E-state index contributed by atoms with van der Waals surface area (Å²) in [6.07, 6.45) is 1.22. The van der Waals surface area contributed by atoms with Crippen molar-refractivity contribution in [2.24, 2.45) is 0 Å². The van der Waals surface area contributed by atoms with Gasteiger partial charge in [0.05, 0.1) is 37.0 Å². The fourth-order valence-corrected chi connectivity index (χ4v) is 2.99. The summed E-state index contributed by atoms with van der Waals surface area (Å²) in [5.41, 5.74) is 1.26. The molecule has 2 aromatic carbocycles. The molecule has 0 spiro atoms. The van der Waals surface area contributed by atoms with Gasteiger partial charge in [-0.05, 0) is 29.8 Å². The number of aromatic nitrogens is 2. The monoisotopic (exact) mass is 401 g/mol. The van der Waals surface area contributed by atoms with E-state index in [9.17, 15) is 14.0 Å². The Morgan fingerprint density at radius 3 is 2.75 bits per heavy atom. The number of carbonyl (C=O) groups excluding carboxylic acids is 2. The SMILES string of the molecule is COC(=O)C[C@H](NC(=O)c1cn[nH]c1-c1ccccc1F)c1cccc(Cl)c1. The molecular formula is C20H17ClFN3O3. The first-order chi connectivity index (χ1) is 13.5. The Balaban J connectivity index is 1.90. The summed E-state index contributed by atoms with van der Waals surface area (Å²) in [6, 6.07) is 12.2. The number of hydrogen-bond donors (Lipinski definition) is 2. The number of aromatic amines is 1. The zero-order chi connectivity index (χ0) is 20.1. The molecule has 0 fully saturated rings. The van der Waals surface area contributed by atoms with Gasteiger partial charge in [0.2, 0.25) is 0 Å². The summed E-state index contributed by atoms with van der Waals surface area (Å²) in [7, 11) is 1.27. The van der Waals surface area contributed by atoms with Gasteiger partial charge in [0, 0.05) is 10.6 Å². The number of methoxy groups -OCH3 is 1. The molecule has 0 radical (unpaired) electrons. The summed E-state index contributed by atoms with van der Waals surface area (Å²) in [5, 5.41) is 9.77. The first-order valence-corrected chi connectivity index (χ1v) is 8.78. The standard InChI is InChI=1S/C20H17ClFN3O3/c1-28-18(26)10-17(12-5-4-6-13(21)9-12)24-20(27)15-11-23-25-19(15)14-7-2-3-8-16(14)22/h2-9,11,17H,10H2,1H3,(H,23,25)(H,24,27)/t17-/m0/s1. The van der Waals surface area contributed by atoms with E-state index in [-0.39, 0.29) is 23.2 Å². The number of benzene rings is 2. The third-order valence-electron chi connectivity index (χ3n) is 4.18. The average molecular weight is 402 g/mol. The van der Waals surface area contributed by atoms with Crippen LogP contribution in [-0.2, 0) is 9.53 Å². The molecular weight excluding hydrogens is 385 g/mol. The highest BCUT2D eigenvalue weighted by molar-refractivity contribution is 6.30. The maximum Gasteiger partial charge on any atom is 0.307 e. The summed E-state index contributed by atoms with van der Waals surface area (Å²) in [6.45, 7) is 0. The molecule has 2 N–H and O–H groups in total. The minimum Gasteiger partial charge on any atom is -0.469 e. The second-order valence-corrected chi connectivity index (χ2v) is 6.44. The van der Waals surface area contributed by atoms with Crippen LogP contribution in [0.15, 0.2) is 54.7 Å². The highest BCUT2D eigenvalue weighted by Gasteiger charge is 2.23. The van der Waals surface area contributed by atoms with E-state index in [1.54, 1.807) is 42.5 Å². The van der Waals surface area contributed by atoms with Crippen LogP contribution in [0, 0.1) is 5.82 Å². The predicted octanol–water partition coefficient (Wildman–Crippen LogP) is 3.90.